The summed E-state index contributed by atoms with van der Waals surface area (Å²) in [7, 11) is 0. The first-order valence-corrected chi connectivity index (χ1v) is 8.02. The maximum absolute atomic E-state index is 12.2. The molecule has 2 N–H and O–H groups in total. The molecule has 6 heteroatoms. The number of carbonyl (C=O) groups excluding carboxylic acids is 1. The molecule has 2 aromatic carbocycles. The van der Waals surface area contributed by atoms with Gasteiger partial charge in [0.25, 0.3) is 0 Å². The zero-order chi connectivity index (χ0) is 16.9. The second-order valence-electron chi connectivity index (χ2n) is 5.46. The summed E-state index contributed by atoms with van der Waals surface area (Å²) in [6, 6.07) is 15.0. The Balaban J connectivity index is 1.63. The van der Waals surface area contributed by atoms with Gasteiger partial charge >= 0.3 is 0 Å². The number of benzene rings is 2. The van der Waals surface area contributed by atoms with Crippen molar-refractivity contribution in [2.24, 2.45) is 0 Å². The van der Waals surface area contributed by atoms with Gasteiger partial charge in [-0.1, -0.05) is 41.9 Å². The van der Waals surface area contributed by atoms with Gasteiger partial charge in [-0.2, -0.15) is 5.10 Å². The third-order valence-corrected chi connectivity index (χ3v) is 3.95. The number of anilines is 1. The zero-order valence-corrected chi connectivity index (χ0v) is 14.0. The van der Waals surface area contributed by atoms with E-state index in [0.717, 1.165) is 22.6 Å². The molecule has 1 aromatic heterocycles. The van der Waals surface area contributed by atoms with Crippen molar-refractivity contribution in [1.82, 2.24) is 15.2 Å². The Morgan fingerprint density at radius 1 is 1.21 bits per heavy atom. The molecular weight excluding hydrogens is 324 g/mol. The number of nitrogens with zero attached hydrogens (tertiary/aromatic N) is 2. The zero-order valence-electron chi connectivity index (χ0n) is 13.2. The number of carbonyl (C=O) groups is 1. The van der Waals surface area contributed by atoms with Gasteiger partial charge in [0.15, 0.2) is 5.82 Å². The van der Waals surface area contributed by atoms with E-state index in [1.165, 1.54) is 0 Å². The van der Waals surface area contributed by atoms with Crippen molar-refractivity contribution in [3.8, 4) is 11.4 Å². The number of amides is 1. The summed E-state index contributed by atoms with van der Waals surface area (Å²) in [5, 5.41) is 10.5. The first kappa shape index (κ1) is 16.2. The molecule has 0 unspecified atom stereocenters. The quantitative estimate of drug-likeness (QED) is 0.737. The average molecular weight is 341 g/mol. The molecule has 0 fully saturated rings. The molecule has 0 aliphatic carbocycles. The monoisotopic (exact) mass is 340 g/mol. The molecule has 122 valence electrons. The van der Waals surface area contributed by atoms with Crippen molar-refractivity contribution >= 4 is 23.2 Å². The number of hydrogen-bond donors (Lipinski definition) is 2. The minimum atomic E-state index is -0.0572. The van der Waals surface area contributed by atoms with Gasteiger partial charge in [-0.3, -0.25) is 9.89 Å². The van der Waals surface area contributed by atoms with E-state index in [2.05, 4.69) is 20.5 Å². The van der Waals surface area contributed by atoms with Crippen molar-refractivity contribution in [2.45, 2.75) is 19.8 Å². The van der Waals surface area contributed by atoms with Crippen molar-refractivity contribution < 1.29 is 4.79 Å². The van der Waals surface area contributed by atoms with Gasteiger partial charge in [0, 0.05) is 22.7 Å². The Morgan fingerprint density at radius 3 is 2.79 bits per heavy atom. The minimum absolute atomic E-state index is 0.0572. The van der Waals surface area contributed by atoms with Crippen LogP contribution >= 0.6 is 11.6 Å². The SMILES string of the molecule is Cc1nc(-c2cccc(NC(=O)CCc3ccccc3Cl)c2)n[nH]1. The van der Waals surface area contributed by atoms with Crippen LogP contribution in [-0.4, -0.2) is 21.1 Å². The van der Waals surface area contributed by atoms with E-state index in [0.29, 0.717) is 23.7 Å². The molecule has 1 amide bonds. The van der Waals surface area contributed by atoms with Crippen molar-refractivity contribution in [3.63, 3.8) is 0 Å². The molecule has 0 spiro atoms. The van der Waals surface area contributed by atoms with E-state index in [4.69, 9.17) is 11.6 Å². The van der Waals surface area contributed by atoms with Gasteiger partial charge < -0.3 is 5.32 Å². The molecule has 24 heavy (non-hydrogen) atoms. The highest BCUT2D eigenvalue weighted by atomic mass is 35.5. The number of hydrogen-bond acceptors (Lipinski definition) is 3. The molecule has 0 atom stereocenters. The standard InChI is InChI=1S/C18H17ClN4O/c1-12-20-18(23-22-12)14-6-4-7-15(11-14)21-17(24)10-9-13-5-2-3-8-16(13)19/h2-8,11H,9-10H2,1H3,(H,21,24)(H,20,22,23). The number of aromatic nitrogens is 3. The maximum Gasteiger partial charge on any atom is 0.224 e. The van der Waals surface area contributed by atoms with Gasteiger partial charge in [0.1, 0.15) is 5.82 Å². The summed E-state index contributed by atoms with van der Waals surface area (Å²) in [6.07, 6.45) is 0.971. The smallest absolute Gasteiger partial charge is 0.224 e. The second-order valence-corrected chi connectivity index (χ2v) is 5.87. The number of aryl methyl sites for hydroxylation is 2. The Bertz CT molecular complexity index is 859. The molecule has 3 rings (SSSR count). The van der Waals surface area contributed by atoms with Crippen LogP contribution < -0.4 is 5.32 Å². The number of halogens is 1. The Labute approximate surface area is 145 Å². The Morgan fingerprint density at radius 2 is 2.04 bits per heavy atom. The van der Waals surface area contributed by atoms with Crippen LogP contribution in [0.15, 0.2) is 48.5 Å². The van der Waals surface area contributed by atoms with Crippen LogP contribution in [0.3, 0.4) is 0 Å². The minimum Gasteiger partial charge on any atom is -0.326 e. The van der Waals surface area contributed by atoms with Gasteiger partial charge in [0.2, 0.25) is 5.91 Å². The van der Waals surface area contributed by atoms with Gasteiger partial charge in [-0.15, -0.1) is 0 Å². The van der Waals surface area contributed by atoms with Crippen LogP contribution in [0.4, 0.5) is 5.69 Å². The van der Waals surface area contributed by atoms with E-state index in [-0.39, 0.29) is 5.91 Å². The molecule has 0 aliphatic heterocycles. The van der Waals surface area contributed by atoms with Gasteiger partial charge in [-0.05, 0) is 37.1 Å². The molecule has 0 saturated carbocycles. The lowest BCUT2D eigenvalue weighted by Gasteiger charge is -2.07. The lowest BCUT2D eigenvalue weighted by Crippen LogP contribution is -2.12. The Kier molecular flexibility index (Phi) is 4.91. The highest BCUT2D eigenvalue weighted by molar-refractivity contribution is 6.31. The van der Waals surface area contributed by atoms with Crippen molar-refractivity contribution in [1.29, 1.82) is 0 Å². The lowest BCUT2D eigenvalue weighted by molar-refractivity contribution is -0.116. The summed E-state index contributed by atoms with van der Waals surface area (Å²) in [4.78, 5) is 16.5. The molecule has 0 radical (unpaired) electrons. The van der Waals surface area contributed by atoms with E-state index >= 15 is 0 Å². The summed E-state index contributed by atoms with van der Waals surface area (Å²) < 4.78 is 0. The third kappa shape index (κ3) is 4.00. The first-order chi connectivity index (χ1) is 11.6. The second kappa shape index (κ2) is 7.27. The highest BCUT2D eigenvalue weighted by Crippen LogP contribution is 2.20. The molecule has 3 aromatic rings. The maximum atomic E-state index is 12.2. The van der Waals surface area contributed by atoms with Gasteiger partial charge in [-0.25, -0.2) is 4.98 Å². The van der Waals surface area contributed by atoms with Crippen LogP contribution in [0, 0.1) is 6.92 Å². The Hall–Kier alpha value is -2.66. The molecule has 0 bridgehead atoms. The predicted octanol–water partition coefficient (Wildman–Crippen LogP) is 4.00. The number of nitrogens with one attached hydrogen (secondary N) is 2. The number of rotatable bonds is 5. The van der Waals surface area contributed by atoms with Crippen LogP contribution in [0.2, 0.25) is 5.02 Å². The van der Waals surface area contributed by atoms with E-state index < -0.39 is 0 Å². The van der Waals surface area contributed by atoms with E-state index in [1.807, 2.05) is 55.5 Å². The molecular formula is C18H17ClN4O. The van der Waals surface area contributed by atoms with Crippen molar-refractivity contribution in [3.05, 3.63) is 64.9 Å². The first-order valence-electron chi connectivity index (χ1n) is 7.64. The van der Waals surface area contributed by atoms with Crippen LogP contribution in [0.1, 0.15) is 17.8 Å². The summed E-state index contributed by atoms with van der Waals surface area (Å²) >= 11 is 6.11. The topological polar surface area (TPSA) is 70.7 Å². The lowest BCUT2D eigenvalue weighted by atomic mass is 10.1. The van der Waals surface area contributed by atoms with Crippen LogP contribution in [0.25, 0.3) is 11.4 Å². The van der Waals surface area contributed by atoms with Gasteiger partial charge in [0.05, 0.1) is 0 Å². The van der Waals surface area contributed by atoms with Crippen molar-refractivity contribution in [2.75, 3.05) is 5.32 Å². The molecule has 0 saturated heterocycles. The summed E-state index contributed by atoms with van der Waals surface area (Å²) in [5.41, 5.74) is 2.54. The molecule has 0 aliphatic rings. The third-order valence-electron chi connectivity index (χ3n) is 3.58. The average Bonchev–Trinajstić information content (AvgIpc) is 3.01. The normalized spacial score (nSPS) is 10.6. The largest absolute Gasteiger partial charge is 0.326 e. The fraction of sp³-hybridized carbons (Fsp3) is 0.167. The fourth-order valence-corrected chi connectivity index (χ4v) is 2.61. The number of H-pyrrole nitrogens is 1. The highest BCUT2D eigenvalue weighted by Gasteiger charge is 2.08. The van der Waals surface area contributed by atoms with Crippen LogP contribution in [0.5, 0.6) is 0 Å². The molecule has 1 heterocycles. The van der Waals surface area contributed by atoms with E-state index in [9.17, 15) is 4.79 Å². The summed E-state index contributed by atoms with van der Waals surface area (Å²) in [6.45, 7) is 1.84. The predicted molar refractivity (Wildman–Crippen MR) is 95.0 cm³/mol. The number of aromatic amines is 1. The fourth-order valence-electron chi connectivity index (χ4n) is 2.38. The van der Waals surface area contributed by atoms with E-state index in [1.54, 1.807) is 0 Å². The molecule has 5 nitrogen and oxygen atoms in total. The van der Waals surface area contributed by atoms with Crippen LogP contribution in [-0.2, 0) is 11.2 Å². The summed E-state index contributed by atoms with van der Waals surface area (Å²) in [5.74, 6) is 1.30.